The SMILES string of the molecule is CCCCNC(=S)N(Cc1cccs1)c1ccc(OC)cc1. The van der Waals surface area contributed by atoms with Gasteiger partial charge in [-0.2, -0.15) is 0 Å². The monoisotopic (exact) mass is 334 g/mol. The summed E-state index contributed by atoms with van der Waals surface area (Å²) in [5.74, 6) is 0.852. The van der Waals surface area contributed by atoms with Gasteiger partial charge in [0.1, 0.15) is 5.75 Å². The molecule has 0 aliphatic heterocycles. The predicted molar refractivity (Wildman–Crippen MR) is 99.0 cm³/mol. The summed E-state index contributed by atoms with van der Waals surface area (Å²) in [5, 5.41) is 6.22. The van der Waals surface area contributed by atoms with E-state index in [-0.39, 0.29) is 0 Å². The molecule has 0 aliphatic rings. The average Bonchev–Trinajstić information content (AvgIpc) is 3.06. The fourth-order valence-electron chi connectivity index (χ4n) is 2.07. The number of hydrogen-bond acceptors (Lipinski definition) is 3. The number of unbranched alkanes of at least 4 members (excludes halogenated alkanes) is 1. The topological polar surface area (TPSA) is 24.5 Å². The Morgan fingerprint density at radius 1 is 1.27 bits per heavy atom. The summed E-state index contributed by atoms with van der Waals surface area (Å²) >= 11 is 7.34. The highest BCUT2D eigenvalue weighted by atomic mass is 32.1. The number of methoxy groups -OCH3 is 1. The molecule has 0 fully saturated rings. The highest BCUT2D eigenvalue weighted by Crippen LogP contribution is 2.22. The maximum absolute atomic E-state index is 5.59. The zero-order valence-electron chi connectivity index (χ0n) is 13.0. The zero-order chi connectivity index (χ0) is 15.8. The van der Waals surface area contributed by atoms with Crippen molar-refractivity contribution in [3.05, 3.63) is 46.7 Å². The lowest BCUT2D eigenvalue weighted by atomic mass is 10.2. The molecule has 1 N–H and O–H groups in total. The summed E-state index contributed by atoms with van der Waals surface area (Å²) in [6, 6.07) is 12.2. The molecule has 0 saturated heterocycles. The first-order chi connectivity index (χ1) is 10.7. The molecule has 0 radical (unpaired) electrons. The van der Waals surface area contributed by atoms with Gasteiger partial charge in [-0.25, -0.2) is 0 Å². The Morgan fingerprint density at radius 2 is 2.05 bits per heavy atom. The second-order valence-corrected chi connectivity index (χ2v) is 6.37. The number of benzene rings is 1. The second-order valence-electron chi connectivity index (χ2n) is 4.95. The molecular formula is C17H22N2OS2. The maximum atomic E-state index is 5.59. The van der Waals surface area contributed by atoms with E-state index in [0.717, 1.165) is 42.5 Å². The number of rotatable bonds is 7. The van der Waals surface area contributed by atoms with E-state index in [1.807, 2.05) is 24.3 Å². The van der Waals surface area contributed by atoms with Crippen molar-refractivity contribution in [2.24, 2.45) is 0 Å². The van der Waals surface area contributed by atoms with Crippen molar-refractivity contribution in [3.63, 3.8) is 0 Å². The van der Waals surface area contributed by atoms with Gasteiger partial charge in [-0.3, -0.25) is 0 Å². The van der Waals surface area contributed by atoms with Crippen molar-refractivity contribution in [3.8, 4) is 5.75 Å². The lowest BCUT2D eigenvalue weighted by Gasteiger charge is -2.25. The molecule has 2 aromatic rings. The summed E-state index contributed by atoms with van der Waals surface area (Å²) in [6.07, 6.45) is 2.28. The van der Waals surface area contributed by atoms with Crippen LogP contribution in [0.5, 0.6) is 5.75 Å². The van der Waals surface area contributed by atoms with Crippen LogP contribution in [0.2, 0.25) is 0 Å². The van der Waals surface area contributed by atoms with Crippen LogP contribution >= 0.6 is 23.6 Å². The minimum absolute atomic E-state index is 0.770. The van der Waals surface area contributed by atoms with E-state index >= 15 is 0 Å². The molecule has 22 heavy (non-hydrogen) atoms. The van der Waals surface area contributed by atoms with Crippen LogP contribution < -0.4 is 15.0 Å². The summed E-state index contributed by atoms with van der Waals surface area (Å²) in [6.45, 7) is 3.87. The van der Waals surface area contributed by atoms with Crippen molar-refractivity contribution in [2.45, 2.75) is 26.3 Å². The normalized spacial score (nSPS) is 10.3. The zero-order valence-corrected chi connectivity index (χ0v) is 14.7. The number of nitrogens with one attached hydrogen (secondary N) is 1. The number of nitrogens with zero attached hydrogens (tertiary/aromatic N) is 1. The van der Waals surface area contributed by atoms with Gasteiger partial charge in [-0.05, 0) is 54.4 Å². The molecule has 118 valence electrons. The third-order valence-corrected chi connectivity index (χ3v) is 4.56. The van der Waals surface area contributed by atoms with Gasteiger partial charge in [0.05, 0.1) is 13.7 Å². The highest BCUT2D eigenvalue weighted by molar-refractivity contribution is 7.80. The number of anilines is 1. The summed E-state index contributed by atoms with van der Waals surface area (Å²) in [7, 11) is 1.68. The summed E-state index contributed by atoms with van der Waals surface area (Å²) in [4.78, 5) is 3.42. The molecule has 0 aliphatic carbocycles. The highest BCUT2D eigenvalue weighted by Gasteiger charge is 2.13. The molecule has 0 amide bonds. The van der Waals surface area contributed by atoms with Gasteiger partial charge in [0.2, 0.25) is 0 Å². The van der Waals surface area contributed by atoms with Gasteiger partial charge in [-0.1, -0.05) is 19.4 Å². The number of thiocarbonyl (C=S) groups is 1. The third-order valence-electron chi connectivity index (χ3n) is 3.33. The molecule has 0 atom stereocenters. The average molecular weight is 335 g/mol. The first-order valence-corrected chi connectivity index (χ1v) is 8.75. The molecule has 3 nitrogen and oxygen atoms in total. The molecule has 1 heterocycles. The Morgan fingerprint density at radius 3 is 2.64 bits per heavy atom. The lowest BCUT2D eigenvalue weighted by Crippen LogP contribution is -2.39. The van der Waals surface area contributed by atoms with Crippen LogP contribution in [0.15, 0.2) is 41.8 Å². The van der Waals surface area contributed by atoms with E-state index in [2.05, 4.69) is 34.7 Å². The largest absolute Gasteiger partial charge is 0.497 e. The molecule has 0 saturated carbocycles. The first-order valence-electron chi connectivity index (χ1n) is 7.46. The first kappa shape index (κ1) is 16.8. The molecule has 1 aromatic heterocycles. The molecule has 0 spiro atoms. The number of ether oxygens (including phenoxy) is 1. The van der Waals surface area contributed by atoms with Gasteiger partial charge in [0, 0.05) is 17.1 Å². The summed E-state index contributed by atoms with van der Waals surface area (Å²) in [5.41, 5.74) is 1.07. The van der Waals surface area contributed by atoms with Crippen molar-refractivity contribution in [1.29, 1.82) is 0 Å². The van der Waals surface area contributed by atoms with Crippen molar-refractivity contribution in [1.82, 2.24) is 5.32 Å². The van der Waals surface area contributed by atoms with Crippen LogP contribution in [-0.4, -0.2) is 18.8 Å². The molecule has 0 bridgehead atoms. The molecule has 0 unspecified atom stereocenters. The van der Waals surface area contributed by atoms with Gasteiger partial charge < -0.3 is 15.0 Å². The van der Waals surface area contributed by atoms with Gasteiger partial charge in [0.25, 0.3) is 0 Å². The van der Waals surface area contributed by atoms with Gasteiger partial charge in [-0.15, -0.1) is 11.3 Å². The third kappa shape index (κ3) is 4.71. The van der Waals surface area contributed by atoms with Crippen molar-refractivity contribution in [2.75, 3.05) is 18.6 Å². The van der Waals surface area contributed by atoms with E-state index in [0.29, 0.717) is 0 Å². The van der Waals surface area contributed by atoms with Crippen LogP contribution in [-0.2, 0) is 6.54 Å². The molecular weight excluding hydrogens is 312 g/mol. The Hall–Kier alpha value is -1.59. The van der Waals surface area contributed by atoms with Crippen molar-refractivity contribution < 1.29 is 4.74 Å². The lowest BCUT2D eigenvalue weighted by molar-refractivity contribution is 0.415. The van der Waals surface area contributed by atoms with Gasteiger partial charge >= 0.3 is 0 Å². The Bertz CT molecular complexity index is 567. The maximum Gasteiger partial charge on any atom is 0.173 e. The van der Waals surface area contributed by atoms with E-state index in [1.54, 1.807) is 18.4 Å². The van der Waals surface area contributed by atoms with E-state index in [4.69, 9.17) is 17.0 Å². The second kappa shape index (κ2) is 8.76. The Kier molecular flexibility index (Phi) is 6.68. The standard InChI is InChI=1S/C17H22N2OS2/c1-3-4-11-18-17(21)19(13-16-6-5-12-22-16)14-7-9-15(20-2)10-8-14/h5-10,12H,3-4,11,13H2,1-2H3,(H,18,21). The fraction of sp³-hybridized carbons (Fsp3) is 0.353. The van der Waals surface area contributed by atoms with E-state index in [1.165, 1.54) is 4.88 Å². The molecule has 1 aromatic carbocycles. The van der Waals surface area contributed by atoms with Crippen LogP contribution in [0.3, 0.4) is 0 Å². The number of thiophene rings is 1. The van der Waals surface area contributed by atoms with E-state index in [9.17, 15) is 0 Å². The Labute approximate surface area is 141 Å². The molecule has 2 rings (SSSR count). The van der Waals surface area contributed by atoms with Crippen molar-refractivity contribution >= 4 is 34.4 Å². The quantitative estimate of drug-likeness (QED) is 0.598. The Balaban J connectivity index is 2.14. The van der Waals surface area contributed by atoms with E-state index < -0.39 is 0 Å². The summed E-state index contributed by atoms with van der Waals surface area (Å²) < 4.78 is 5.23. The van der Waals surface area contributed by atoms with Crippen LogP contribution in [0.4, 0.5) is 5.69 Å². The predicted octanol–water partition coefficient (Wildman–Crippen LogP) is 4.44. The smallest absolute Gasteiger partial charge is 0.173 e. The van der Waals surface area contributed by atoms with Gasteiger partial charge in [0.15, 0.2) is 5.11 Å². The molecule has 5 heteroatoms. The number of hydrogen-bond donors (Lipinski definition) is 1. The minimum Gasteiger partial charge on any atom is -0.497 e. The van der Waals surface area contributed by atoms with Crippen LogP contribution in [0.25, 0.3) is 0 Å². The minimum atomic E-state index is 0.770. The fourth-order valence-corrected chi connectivity index (χ4v) is 3.03. The van der Waals surface area contributed by atoms with Crippen LogP contribution in [0.1, 0.15) is 24.6 Å². The van der Waals surface area contributed by atoms with Crippen LogP contribution in [0, 0.1) is 0 Å².